The Hall–Kier alpha value is -2.54. The molecule has 0 aliphatic heterocycles. The second kappa shape index (κ2) is 7.35. The fourth-order valence-corrected chi connectivity index (χ4v) is 2.90. The molecule has 0 aliphatic rings. The normalized spacial score (nSPS) is 10.8. The summed E-state index contributed by atoms with van der Waals surface area (Å²) in [6.45, 7) is 0.362. The van der Waals surface area contributed by atoms with E-state index in [1.807, 2.05) is 16.8 Å². The molecule has 2 heterocycles. The lowest BCUT2D eigenvalue weighted by Crippen LogP contribution is -2.26. The molecule has 1 aromatic carbocycles. The predicted molar refractivity (Wildman–Crippen MR) is 88.8 cm³/mol. The molecule has 2 aromatic heterocycles. The number of carbonyl (C=O) groups excluding carboxylic acids is 1. The van der Waals surface area contributed by atoms with E-state index in [1.54, 1.807) is 35.4 Å². The van der Waals surface area contributed by atoms with Crippen molar-refractivity contribution in [3.05, 3.63) is 58.4 Å². The summed E-state index contributed by atoms with van der Waals surface area (Å²) in [6, 6.07) is 8.14. The van der Waals surface area contributed by atoms with Crippen LogP contribution in [-0.4, -0.2) is 28.0 Å². The van der Waals surface area contributed by atoms with Gasteiger partial charge in [-0.25, -0.2) is 4.39 Å². The minimum atomic E-state index is -0.305. The summed E-state index contributed by atoms with van der Waals surface area (Å²) < 4.78 is 18.4. The van der Waals surface area contributed by atoms with Crippen molar-refractivity contribution in [2.45, 2.75) is 19.4 Å². The van der Waals surface area contributed by atoms with E-state index in [4.69, 9.17) is 4.52 Å². The zero-order valence-corrected chi connectivity index (χ0v) is 13.9. The van der Waals surface area contributed by atoms with Crippen LogP contribution >= 0.6 is 11.3 Å². The van der Waals surface area contributed by atoms with Crippen LogP contribution in [-0.2, 0) is 17.8 Å². The maximum Gasteiger partial charge on any atom is 0.227 e. The lowest BCUT2D eigenvalue weighted by Gasteiger charge is -2.16. The standard InChI is InChI=1S/C17H16FN3O2S/c1-21(10-12-3-2-4-14(18)9-12)16(22)6-5-15-19-17(20-23-15)13-7-8-24-11-13/h2-4,7-9,11H,5-6,10H2,1H3. The smallest absolute Gasteiger partial charge is 0.227 e. The van der Waals surface area contributed by atoms with Crippen molar-refractivity contribution in [2.24, 2.45) is 0 Å². The number of halogens is 1. The van der Waals surface area contributed by atoms with Crippen molar-refractivity contribution in [3.8, 4) is 11.4 Å². The third-order valence-electron chi connectivity index (χ3n) is 3.53. The maximum absolute atomic E-state index is 13.2. The highest BCUT2D eigenvalue weighted by Gasteiger charge is 2.14. The molecule has 0 bridgehead atoms. The average Bonchev–Trinajstić information content (AvgIpc) is 3.23. The molecule has 0 unspecified atom stereocenters. The highest BCUT2D eigenvalue weighted by Crippen LogP contribution is 2.19. The van der Waals surface area contributed by atoms with Gasteiger partial charge in [0.15, 0.2) is 0 Å². The lowest BCUT2D eigenvalue weighted by atomic mass is 10.2. The Morgan fingerprint density at radius 2 is 2.25 bits per heavy atom. The van der Waals surface area contributed by atoms with Crippen LogP contribution in [0.3, 0.4) is 0 Å². The van der Waals surface area contributed by atoms with Gasteiger partial charge >= 0.3 is 0 Å². The summed E-state index contributed by atoms with van der Waals surface area (Å²) in [5.41, 5.74) is 1.66. The Morgan fingerprint density at radius 1 is 1.38 bits per heavy atom. The quantitative estimate of drug-likeness (QED) is 0.686. The minimum Gasteiger partial charge on any atom is -0.341 e. The average molecular weight is 345 g/mol. The Balaban J connectivity index is 1.53. The highest BCUT2D eigenvalue weighted by molar-refractivity contribution is 7.08. The number of rotatable bonds is 6. The predicted octanol–water partition coefficient (Wildman–Crippen LogP) is 3.53. The summed E-state index contributed by atoms with van der Waals surface area (Å²) >= 11 is 1.56. The lowest BCUT2D eigenvalue weighted by molar-refractivity contribution is -0.130. The van der Waals surface area contributed by atoms with E-state index in [0.29, 0.717) is 24.7 Å². The van der Waals surface area contributed by atoms with E-state index in [0.717, 1.165) is 11.1 Å². The molecule has 3 rings (SSSR count). The Morgan fingerprint density at radius 3 is 3.00 bits per heavy atom. The molecule has 1 amide bonds. The van der Waals surface area contributed by atoms with E-state index in [2.05, 4.69) is 10.1 Å². The first-order chi connectivity index (χ1) is 11.6. The topological polar surface area (TPSA) is 59.2 Å². The summed E-state index contributed by atoms with van der Waals surface area (Å²) in [5, 5.41) is 7.79. The summed E-state index contributed by atoms with van der Waals surface area (Å²) in [6.07, 6.45) is 0.639. The number of carbonyl (C=O) groups is 1. The van der Waals surface area contributed by atoms with Gasteiger partial charge in [-0.05, 0) is 29.1 Å². The van der Waals surface area contributed by atoms with Crippen molar-refractivity contribution in [1.82, 2.24) is 15.0 Å². The van der Waals surface area contributed by atoms with Gasteiger partial charge in [-0.3, -0.25) is 4.79 Å². The number of benzene rings is 1. The first-order valence-electron chi connectivity index (χ1n) is 7.45. The third kappa shape index (κ3) is 4.05. The van der Waals surface area contributed by atoms with Crippen LogP contribution < -0.4 is 0 Å². The fraction of sp³-hybridized carbons (Fsp3) is 0.235. The number of hydrogen-bond donors (Lipinski definition) is 0. The second-order valence-electron chi connectivity index (χ2n) is 5.40. The van der Waals surface area contributed by atoms with Gasteiger partial charge in [-0.2, -0.15) is 16.3 Å². The molecular formula is C17H16FN3O2S. The van der Waals surface area contributed by atoms with Crippen LogP contribution in [0, 0.1) is 5.82 Å². The Kier molecular flexibility index (Phi) is 5.00. The number of aryl methyl sites for hydroxylation is 1. The molecule has 7 heteroatoms. The number of thiophene rings is 1. The van der Waals surface area contributed by atoms with Gasteiger partial charge in [0.2, 0.25) is 17.6 Å². The zero-order chi connectivity index (χ0) is 16.9. The number of aromatic nitrogens is 2. The van der Waals surface area contributed by atoms with E-state index in [9.17, 15) is 9.18 Å². The molecule has 0 radical (unpaired) electrons. The molecule has 0 saturated carbocycles. The summed E-state index contributed by atoms with van der Waals surface area (Å²) in [7, 11) is 1.69. The molecule has 0 N–H and O–H groups in total. The van der Waals surface area contributed by atoms with Gasteiger partial charge in [0.05, 0.1) is 0 Å². The molecule has 0 aliphatic carbocycles. The van der Waals surface area contributed by atoms with Crippen LogP contribution in [0.2, 0.25) is 0 Å². The molecule has 5 nitrogen and oxygen atoms in total. The van der Waals surface area contributed by atoms with E-state index in [1.165, 1.54) is 12.1 Å². The van der Waals surface area contributed by atoms with E-state index < -0.39 is 0 Å². The Labute approximate surface area is 142 Å². The molecule has 24 heavy (non-hydrogen) atoms. The van der Waals surface area contributed by atoms with E-state index in [-0.39, 0.29) is 18.1 Å². The van der Waals surface area contributed by atoms with Crippen LogP contribution in [0.1, 0.15) is 17.9 Å². The molecule has 0 spiro atoms. The van der Waals surface area contributed by atoms with Crippen molar-refractivity contribution >= 4 is 17.2 Å². The first kappa shape index (κ1) is 16.3. The van der Waals surface area contributed by atoms with Crippen LogP contribution in [0.5, 0.6) is 0 Å². The largest absolute Gasteiger partial charge is 0.341 e. The van der Waals surface area contributed by atoms with E-state index >= 15 is 0 Å². The second-order valence-corrected chi connectivity index (χ2v) is 6.18. The molecule has 0 fully saturated rings. The zero-order valence-electron chi connectivity index (χ0n) is 13.1. The molecule has 3 aromatic rings. The van der Waals surface area contributed by atoms with Crippen molar-refractivity contribution in [2.75, 3.05) is 7.05 Å². The first-order valence-corrected chi connectivity index (χ1v) is 8.39. The Bertz CT molecular complexity index is 817. The van der Waals surface area contributed by atoms with Gasteiger partial charge < -0.3 is 9.42 Å². The molecule has 0 atom stereocenters. The van der Waals surface area contributed by atoms with Gasteiger partial charge in [-0.15, -0.1) is 0 Å². The van der Waals surface area contributed by atoms with Crippen LogP contribution in [0.4, 0.5) is 4.39 Å². The van der Waals surface area contributed by atoms with Gasteiger partial charge in [-0.1, -0.05) is 17.3 Å². The SMILES string of the molecule is CN(Cc1cccc(F)c1)C(=O)CCc1nc(-c2ccsc2)no1. The summed E-state index contributed by atoms with van der Waals surface area (Å²) in [5.74, 6) is 0.602. The van der Waals surface area contributed by atoms with Gasteiger partial charge in [0.25, 0.3) is 0 Å². The van der Waals surface area contributed by atoms with Crippen molar-refractivity contribution in [1.29, 1.82) is 0 Å². The van der Waals surface area contributed by atoms with Gasteiger partial charge in [0.1, 0.15) is 5.82 Å². The molecular weight excluding hydrogens is 329 g/mol. The van der Waals surface area contributed by atoms with Gasteiger partial charge in [0, 0.05) is 37.4 Å². The van der Waals surface area contributed by atoms with Crippen molar-refractivity contribution < 1.29 is 13.7 Å². The molecule has 0 saturated heterocycles. The van der Waals surface area contributed by atoms with Crippen LogP contribution in [0.15, 0.2) is 45.6 Å². The third-order valence-corrected chi connectivity index (χ3v) is 4.22. The minimum absolute atomic E-state index is 0.0606. The molecule has 124 valence electrons. The summed E-state index contributed by atoms with van der Waals surface area (Å²) in [4.78, 5) is 18.0. The van der Waals surface area contributed by atoms with Crippen LogP contribution in [0.25, 0.3) is 11.4 Å². The monoisotopic (exact) mass is 345 g/mol. The fourth-order valence-electron chi connectivity index (χ4n) is 2.27. The van der Waals surface area contributed by atoms with Crippen molar-refractivity contribution in [3.63, 3.8) is 0 Å². The number of hydrogen-bond acceptors (Lipinski definition) is 5. The highest BCUT2D eigenvalue weighted by atomic mass is 32.1. The maximum atomic E-state index is 13.2. The number of amides is 1. The number of nitrogens with zero attached hydrogens (tertiary/aromatic N) is 3.